The minimum atomic E-state index is -0.188. The van der Waals surface area contributed by atoms with Gasteiger partial charge in [-0.2, -0.15) is 0 Å². The Balaban J connectivity index is 1.58. The van der Waals surface area contributed by atoms with Crippen molar-refractivity contribution in [2.24, 2.45) is 0 Å². The molecule has 0 N–H and O–H groups in total. The molecule has 1 saturated heterocycles. The number of halogens is 1. The third kappa shape index (κ3) is 3.33. The summed E-state index contributed by atoms with van der Waals surface area (Å²) in [7, 11) is 0. The van der Waals surface area contributed by atoms with E-state index in [0.717, 1.165) is 48.8 Å². The Morgan fingerprint density at radius 3 is 2.76 bits per heavy atom. The predicted octanol–water partition coefficient (Wildman–Crippen LogP) is 4.05. The van der Waals surface area contributed by atoms with Crippen LogP contribution < -0.4 is 0 Å². The van der Waals surface area contributed by atoms with Gasteiger partial charge < -0.3 is 0 Å². The molecule has 128 valence electrons. The van der Waals surface area contributed by atoms with Gasteiger partial charge in [-0.15, -0.1) is 0 Å². The van der Waals surface area contributed by atoms with Crippen LogP contribution in [-0.2, 0) is 6.54 Å². The number of benzene rings is 1. The third-order valence-corrected chi connectivity index (χ3v) is 4.83. The lowest BCUT2D eigenvalue weighted by molar-refractivity contribution is 0.244. The van der Waals surface area contributed by atoms with Gasteiger partial charge in [-0.05, 0) is 56.1 Å². The van der Waals surface area contributed by atoms with Gasteiger partial charge in [-0.25, -0.2) is 14.4 Å². The van der Waals surface area contributed by atoms with Crippen LogP contribution in [0.1, 0.15) is 36.0 Å². The number of rotatable bonds is 4. The van der Waals surface area contributed by atoms with E-state index in [0.29, 0.717) is 6.04 Å². The van der Waals surface area contributed by atoms with Crippen molar-refractivity contribution < 1.29 is 4.39 Å². The van der Waals surface area contributed by atoms with Crippen molar-refractivity contribution in [3.8, 4) is 5.82 Å². The second-order valence-corrected chi connectivity index (χ2v) is 6.52. The van der Waals surface area contributed by atoms with E-state index in [2.05, 4.69) is 22.0 Å². The zero-order chi connectivity index (χ0) is 17.2. The molecule has 1 aromatic carbocycles. The first kappa shape index (κ1) is 16.0. The second-order valence-electron chi connectivity index (χ2n) is 6.52. The van der Waals surface area contributed by atoms with Gasteiger partial charge in [0.1, 0.15) is 17.5 Å². The maximum atomic E-state index is 13.1. The fourth-order valence-electron chi connectivity index (χ4n) is 3.55. The molecule has 0 spiro atoms. The van der Waals surface area contributed by atoms with Gasteiger partial charge in [-0.3, -0.25) is 9.47 Å². The first-order valence-corrected chi connectivity index (χ1v) is 8.66. The summed E-state index contributed by atoms with van der Waals surface area (Å²) in [6, 6.07) is 13.3. The van der Waals surface area contributed by atoms with E-state index in [9.17, 15) is 4.39 Å². The number of aromatic nitrogens is 3. The van der Waals surface area contributed by atoms with E-state index < -0.39 is 0 Å². The molecule has 0 saturated carbocycles. The van der Waals surface area contributed by atoms with Crippen LogP contribution >= 0.6 is 0 Å². The fourth-order valence-corrected chi connectivity index (χ4v) is 3.55. The van der Waals surface area contributed by atoms with Crippen LogP contribution in [0.25, 0.3) is 5.82 Å². The minimum Gasteiger partial charge on any atom is -0.291 e. The molecule has 0 radical (unpaired) electrons. The normalized spacial score (nSPS) is 17.9. The molecule has 1 atom stereocenters. The molecule has 4 nitrogen and oxygen atoms in total. The fraction of sp³-hybridized carbons (Fsp3) is 0.300. The Hall–Kier alpha value is -2.53. The molecule has 4 rings (SSSR count). The molecule has 0 amide bonds. The van der Waals surface area contributed by atoms with Crippen LogP contribution in [0.15, 0.2) is 54.9 Å². The van der Waals surface area contributed by atoms with E-state index in [-0.39, 0.29) is 5.82 Å². The highest BCUT2D eigenvalue weighted by molar-refractivity contribution is 5.28. The smallest absolute Gasteiger partial charge is 0.138 e. The first-order valence-electron chi connectivity index (χ1n) is 8.66. The zero-order valence-electron chi connectivity index (χ0n) is 14.3. The van der Waals surface area contributed by atoms with Crippen molar-refractivity contribution in [1.29, 1.82) is 0 Å². The van der Waals surface area contributed by atoms with Gasteiger partial charge in [-0.1, -0.05) is 18.2 Å². The number of pyridine rings is 1. The van der Waals surface area contributed by atoms with Gasteiger partial charge in [0.15, 0.2) is 0 Å². The Bertz CT molecular complexity index is 856. The summed E-state index contributed by atoms with van der Waals surface area (Å²) in [5.41, 5.74) is 2.22. The number of likely N-dealkylation sites (tertiary alicyclic amines) is 1. The molecule has 25 heavy (non-hydrogen) atoms. The van der Waals surface area contributed by atoms with Crippen molar-refractivity contribution in [2.45, 2.75) is 32.4 Å². The molecule has 0 aliphatic carbocycles. The SMILES string of the molecule is Cc1nccn1-c1cccc([C@@H]2CCCN2Cc2ccc(F)cc2)n1. The number of hydrogen-bond donors (Lipinski definition) is 0. The van der Waals surface area contributed by atoms with E-state index >= 15 is 0 Å². The summed E-state index contributed by atoms with van der Waals surface area (Å²) in [6.07, 6.45) is 5.98. The number of hydrogen-bond acceptors (Lipinski definition) is 3. The summed E-state index contributed by atoms with van der Waals surface area (Å²) < 4.78 is 15.1. The molecule has 1 aliphatic heterocycles. The lowest BCUT2D eigenvalue weighted by atomic mass is 10.1. The van der Waals surface area contributed by atoms with Crippen LogP contribution in [0.2, 0.25) is 0 Å². The van der Waals surface area contributed by atoms with Gasteiger partial charge in [0, 0.05) is 18.9 Å². The average molecular weight is 336 g/mol. The van der Waals surface area contributed by atoms with Crippen molar-refractivity contribution >= 4 is 0 Å². The highest BCUT2D eigenvalue weighted by Crippen LogP contribution is 2.32. The second kappa shape index (κ2) is 6.76. The van der Waals surface area contributed by atoms with Gasteiger partial charge in [0.25, 0.3) is 0 Å². The molecule has 2 aromatic heterocycles. The Labute approximate surface area is 147 Å². The summed E-state index contributed by atoms with van der Waals surface area (Å²) in [5, 5.41) is 0. The van der Waals surface area contributed by atoms with Crippen LogP contribution in [0.3, 0.4) is 0 Å². The summed E-state index contributed by atoms with van der Waals surface area (Å²) in [5.74, 6) is 1.65. The van der Waals surface area contributed by atoms with Crippen LogP contribution in [0.5, 0.6) is 0 Å². The molecule has 3 heterocycles. The third-order valence-electron chi connectivity index (χ3n) is 4.83. The zero-order valence-corrected chi connectivity index (χ0v) is 14.3. The quantitative estimate of drug-likeness (QED) is 0.721. The molecule has 5 heteroatoms. The van der Waals surface area contributed by atoms with Gasteiger partial charge in [0.2, 0.25) is 0 Å². The average Bonchev–Trinajstić information content (AvgIpc) is 3.26. The predicted molar refractivity (Wildman–Crippen MR) is 94.9 cm³/mol. The molecule has 3 aromatic rings. The number of aryl methyl sites for hydroxylation is 1. The number of nitrogens with zero attached hydrogens (tertiary/aromatic N) is 4. The Kier molecular flexibility index (Phi) is 4.32. The van der Waals surface area contributed by atoms with Crippen LogP contribution in [-0.4, -0.2) is 26.0 Å². The topological polar surface area (TPSA) is 34.0 Å². The Morgan fingerprint density at radius 1 is 1.16 bits per heavy atom. The van der Waals surface area contributed by atoms with E-state index in [1.165, 1.54) is 12.1 Å². The highest BCUT2D eigenvalue weighted by atomic mass is 19.1. The van der Waals surface area contributed by atoms with Crippen molar-refractivity contribution in [2.75, 3.05) is 6.54 Å². The van der Waals surface area contributed by atoms with E-state index in [1.54, 1.807) is 6.20 Å². The first-order chi connectivity index (χ1) is 12.2. The van der Waals surface area contributed by atoms with Gasteiger partial charge in [0.05, 0.1) is 11.7 Å². The molecular weight excluding hydrogens is 315 g/mol. The molecule has 0 unspecified atom stereocenters. The standard InChI is InChI=1S/C20H21FN4/c1-15-22-11-13-25(15)20-6-2-4-18(23-20)19-5-3-12-24(19)14-16-7-9-17(21)10-8-16/h2,4,6-11,13,19H,3,5,12,14H2,1H3/t19-/m0/s1. The highest BCUT2D eigenvalue weighted by Gasteiger charge is 2.27. The maximum absolute atomic E-state index is 13.1. The maximum Gasteiger partial charge on any atom is 0.138 e. The minimum absolute atomic E-state index is 0.188. The molecular formula is C20H21FN4. The summed E-state index contributed by atoms with van der Waals surface area (Å²) >= 11 is 0. The van der Waals surface area contributed by atoms with E-state index in [4.69, 9.17) is 4.98 Å². The molecule has 1 aliphatic rings. The summed E-state index contributed by atoms with van der Waals surface area (Å²) in [6.45, 7) is 3.84. The lowest BCUT2D eigenvalue weighted by Gasteiger charge is -2.24. The van der Waals surface area contributed by atoms with Crippen LogP contribution in [0, 0.1) is 12.7 Å². The summed E-state index contributed by atoms with van der Waals surface area (Å²) in [4.78, 5) is 11.6. The Morgan fingerprint density at radius 2 is 2.00 bits per heavy atom. The monoisotopic (exact) mass is 336 g/mol. The van der Waals surface area contributed by atoms with Crippen molar-refractivity contribution in [1.82, 2.24) is 19.4 Å². The molecule has 1 fully saturated rings. The number of imidazole rings is 1. The van der Waals surface area contributed by atoms with Crippen molar-refractivity contribution in [3.05, 3.63) is 77.8 Å². The van der Waals surface area contributed by atoms with Crippen LogP contribution in [0.4, 0.5) is 4.39 Å². The largest absolute Gasteiger partial charge is 0.291 e. The van der Waals surface area contributed by atoms with Gasteiger partial charge >= 0.3 is 0 Å². The lowest BCUT2D eigenvalue weighted by Crippen LogP contribution is -2.23. The molecule has 0 bridgehead atoms. The van der Waals surface area contributed by atoms with E-state index in [1.807, 2.05) is 35.9 Å². The van der Waals surface area contributed by atoms with Crippen molar-refractivity contribution in [3.63, 3.8) is 0 Å².